The highest BCUT2D eigenvalue weighted by Crippen LogP contribution is 2.18. The summed E-state index contributed by atoms with van der Waals surface area (Å²) in [6, 6.07) is 9.18. The smallest absolute Gasteiger partial charge is 0.315 e. The van der Waals surface area contributed by atoms with Gasteiger partial charge in [0.05, 0.1) is 12.5 Å². The van der Waals surface area contributed by atoms with Crippen LogP contribution in [0.25, 0.3) is 0 Å². The minimum atomic E-state index is -0.934. The number of carboxylic acids is 1. The van der Waals surface area contributed by atoms with Crippen molar-refractivity contribution in [2.24, 2.45) is 0 Å². The fourth-order valence-electron chi connectivity index (χ4n) is 1.78. The molecule has 0 heterocycles. The number of hydrogen-bond acceptors (Lipinski definition) is 2. The van der Waals surface area contributed by atoms with Gasteiger partial charge in [0.1, 0.15) is 0 Å². The van der Waals surface area contributed by atoms with Gasteiger partial charge in [-0.3, -0.25) is 4.79 Å². The molecule has 1 unspecified atom stereocenters. The zero-order chi connectivity index (χ0) is 14.8. The molecular weight excluding hydrogens is 256 g/mol. The van der Waals surface area contributed by atoms with Crippen LogP contribution >= 0.6 is 0 Å². The Hall–Kier alpha value is -2.30. The predicted octanol–water partition coefficient (Wildman–Crippen LogP) is 2.47. The molecule has 0 bridgehead atoms. The molecule has 0 aliphatic heterocycles. The van der Waals surface area contributed by atoms with Crippen LogP contribution in [-0.2, 0) is 4.79 Å². The number of hydrogen-bond donors (Lipinski definition) is 3. The van der Waals surface area contributed by atoms with Gasteiger partial charge in [0.2, 0.25) is 0 Å². The van der Waals surface area contributed by atoms with Crippen LogP contribution in [0.3, 0.4) is 0 Å². The Morgan fingerprint density at radius 3 is 2.60 bits per heavy atom. The standard InChI is InChI=1S/C15H20N2O3/c1-2-3-9-13(12-7-5-4-6-8-12)17-15(20)16-11-10-14(18)19/h2,4-8,13H,1,3,9-11H2,(H,18,19)(H2,16,17,20). The molecule has 0 aromatic heterocycles. The number of carbonyl (C=O) groups is 2. The SMILES string of the molecule is C=CCCC(NC(=O)NCCC(=O)O)c1ccccc1. The minimum absolute atomic E-state index is 0.0872. The van der Waals surface area contributed by atoms with Crippen LogP contribution in [0.5, 0.6) is 0 Å². The zero-order valence-electron chi connectivity index (χ0n) is 11.3. The third-order valence-electron chi connectivity index (χ3n) is 2.79. The van der Waals surface area contributed by atoms with Gasteiger partial charge in [-0.25, -0.2) is 4.79 Å². The fourth-order valence-corrected chi connectivity index (χ4v) is 1.78. The largest absolute Gasteiger partial charge is 0.481 e. The van der Waals surface area contributed by atoms with Crippen molar-refractivity contribution in [1.82, 2.24) is 10.6 Å². The Morgan fingerprint density at radius 2 is 2.00 bits per heavy atom. The Kier molecular flexibility index (Phi) is 6.89. The van der Waals surface area contributed by atoms with Crippen LogP contribution in [-0.4, -0.2) is 23.7 Å². The highest BCUT2D eigenvalue weighted by atomic mass is 16.4. The molecule has 20 heavy (non-hydrogen) atoms. The van der Waals surface area contributed by atoms with Crippen molar-refractivity contribution in [3.05, 3.63) is 48.6 Å². The zero-order valence-corrected chi connectivity index (χ0v) is 11.3. The van der Waals surface area contributed by atoms with Crippen LogP contribution in [0.4, 0.5) is 4.79 Å². The lowest BCUT2D eigenvalue weighted by Gasteiger charge is -2.19. The quantitative estimate of drug-likeness (QED) is 0.638. The highest BCUT2D eigenvalue weighted by Gasteiger charge is 2.13. The first-order valence-corrected chi connectivity index (χ1v) is 6.55. The van der Waals surface area contributed by atoms with Crippen molar-refractivity contribution in [2.75, 3.05) is 6.54 Å². The van der Waals surface area contributed by atoms with Gasteiger partial charge in [-0.05, 0) is 18.4 Å². The Labute approximate surface area is 118 Å². The second-order valence-electron chi connectivity index (χ2n) is 4.37. The number of allylic oxidation sites excluding steroid dienone is 1. The highest BCUT2D eigenvalue weighted by molar-refractivity contribution is 5.75. The number of amides is 2. The molecule has 1 aromatic carbocycles. The molecule has 0 fully saturated rings. The van der Waals surface area contributed by atoms with E-state index in [-0.39, 0.29) is 25.0 Å². The molecule has 0 saturated heterocycles. The van der Waals surface area contributed by atoms with E-state index in [0.29, 0.717) is 0 Å². The maximum Gasteiger partial charge on any atom is 0.315 e. The normalized spacial score (nSPS) is 11.4. The number of aliphatic carboxylic acids is 1. The lowest BCUT2D eigenvalue weighted by molar-refractivity contribution is -0.136. The van der Waals surface area contributed by atoms with Crippen LogP contribution < -0.4 is 10.6 Å². The summed E-state index contributed by atoms with van der Waals surface area (Å²) in [5.41, 5.74) is 1.02. The number of carboxylic acid groups (broad SMARTS) is 1. The van der Waals surface area contributed by atoms with Crippen molar-refractivity contribution < 1.29 is 14.7 Å². The second kappa shape index (κ2) is 8.74. The van der Waals surface area contributed by atoms with Crippen molar-refractivity contribution >= 4 is 12.0 Å². The lowest BCUT2D eigenvalue weighted by atomic mass is 10.0. The van der Waals surface area contributed by atoms with Crippen LogP contribution in [0.15, 0.2) is 43.0 Å². The monoisotopic (exact) mass is 276 g/mol. The van der Waals surface area contributed by atoms with Crippen LogP contribution in [0.2, 0.25) is 0 Å². The summed E-state index contributed by atoms with van der Waals surface area (Å²) in [6.45, 7) is 3.80. The number of urea groups is 1. The van der Waals surface area contributed by atoms with E-state index in [1.165, 1.54) is 0 Å². The second-order valence-corrected chi connectivity index (χ2v) is 4.37. The fraction of sp³-hybridized carbons (Fsp3) is 0.333. The van der Waals surface area contributed by atoms with E-state index in [9.17, 15) is 9.59 Å². The number of carbonyl (C=O) groups excluding carboxylic acids is 1. The Bertz CT molecular complexity index is 446. The summed E-state index contributed by atoms with van der Waals surface area (Å²) >= 11 is 0. The van der Waals surface area contributed by atoms with E-state index >= 15 is 0 Å². The third kappa shape index (κ3) is 6.04. The average molecular weight is 276 g/mol. The summed E-state index contributed by atoms with van der Waals surface area (Å²) in [5, 5.41) is 13.9. The lowest BCUT2D eigenvalue weighted by Crippen LogP contribution is -2.38. The van der Waals surface area contributed by atoms with Gasteiger partial charge in [0.25, 0.3) is 0 Å². The molecule has 0 radical (unpaired) electrons. The van der Waals surface area contributed by atoms with Gasteiger partial charge in [-0.1, -0.05) is 36.4 Å². The van der Waals surface area contributed by atoms with E-state index < -0.39 is 5.97 Å². The van der Waals surface area contributed by atoms with Crippen molar-refractivity contribution in [3.8, 4) is 0 Å². The van der Waals surface area contributed by atoms with Gasteiger partial charge in [0.15, 0.2) is 0 Å². The molecule has 5 heteroatoms. The van der Waals surface area contributed by atoms with E-state index in [1.807, 2.05) is 30.3 Å². The third-order valence-corrected chi connectivity index (χ3v) is 2.79. The van der Waals surface area contributed by atoms with Crippen LogP contribution in [0, 0.1) is 0 Å². The van der Waals surface area contributed by atoms with Crippen molar-refractivity contribution in [2.45, 2.75) is 25.3 Å². The van der Waals surface area contributed by atoms with E-state index in [0.717, 1.165) is 18.4 Å². The van der Waals surface area contributed by atoms with Crippen LogP contribution in [0.1, 0.15) is 30.9 Å². The molecule has 3 N–H and O–H groups in total. The summed E-state index contributed by atoms with van der Waals surface area (Å²) in [7, 11) is 0. The van der Waals surface area contributed by atoms with Gasteiger partial charge < -0.3 is 15.7 Å². The Morgan fingerprint density at radius 1 is 1.30 bits per heavy atom. The molecule has 108 valence electrons. The molecule has 0 saturated carbocycles. The molecule has 0 spiro atoms. The summed E-state index contributed by atoms with van der Waals surface area (Å²) < 4.78 is 0. The number of benzene rings is 1. The summed E-state index contributed by atoms with van der Waals surface area (Å²) in [5.74, 6) is -0.934. The maximum atomic E-state index is 11.7. The molecule has 5 nitrogen and oxygen atoms in total. The first-order valence-electron chi connectivity index (χ1n) is 6.55. The Balaban J connectivity index is 2.54. The molecule has 1 aromatic rings. The van der Waals surface area contributed by atoms with Crippen molar-refractivity contribution in [3.63, 3.8) is 0 Å². The molecule has 2 amide bonds. The predicted molar refractivity (Wildman–Crippen MR) is 77.4 cm³/mol. The first kappa shape index (κ1) is 15.8. The molecular formula is C15H20N2O3. The van der Waals surface area contributed by atoms with Gasteiger partial charge >= 0.3 is 12.0 Å². The molecule has 0 aliphatic carbocycles. The van der Waals surface area contributed by atoms with Gasteiger partial charge in [-0.2, -0.15) is 0 Å². The molecule has 1 atom stereocenters. The topological polar surface area (TPSA) is 78.4 Å². The van der Waals surface area contributed by atoms with E-state index in [1.54, 1.807) is 6.08 Å². The first-order chi connectivity index (χ1) is 9.63. The minimum Gasteiger partial charge on any atom is -0.481 e. The number of nitrogens with one attached hydrogen (secondary N) is 2. The summed E-state index contributed by atoms with van der Waals surface area (Å²) in [4.78, 5) is 22.1. The summed E-state index contributed by atoms with van der Waals surface area (Å²) in [6.07, 6.45) is 3.25. The maximum absolute atomic E-state index is 11.7. The van der Waals surface area contributed by atoms with Gasteiger partial charge in [0, 0.05) is 6.54 Å². The van der Waals surface area contributed by atoms with E-state index in [4.69, 9.17) is 5.11 Å². The molecule has 0 aliphatic rings. The van der Waals surface area contributed by atoms with Crippen molar-refractivity contribution in [1.29, 1.82) is 0 Å². The number of rotatable bonds is 8. The van der Waals surface area contributed by atoms with E-state index in [2.05, 4.69) is 17.2 Å². The van der Waals surface area contributed by atoms with Gasteiger partial charge in [-0.15, -0.1) is 6.58 Å². The molecule has 1 rings (SSSR count). The average Bonchev–Trinajstić information content (AvgIpc) is 2.44.